The molecule has 0 N–H and O–H groups in total. The number of benzene rings is 1. The number of fused-ring (bicyclic) bond motifs is 3. The zero-order valence-electron chi connectivity index (χ0n) is 20.8. The Bertz CT molecular complexity index is 867. The molecule has 1 aromatic carbocycles. The highest BCUT2D eigenvalue weighted by Crippen LogP contribution is 2.56. The van der Waals surface area contributed by atoms with Gasteiger partial charge in [0.1, 0.15) is 29.3 Å². The molecule has 0 bridgehead atoms. The first-order valence-electron chi connectivity index (χ1n) is 12.7. The van der Waals surface area contributed by atoms with E-state index >= 15 is 0 Å². The van der Waals surface area contributed by atoms with Gasteiger partial charge in [0.25, 0.3) is 0 Å². The summed E-state index contributed by atoms with van der Waals surface area (Å²) in [6, 6.07) is 4.49. The quantitative estimate of drug-likeness (QED) is 0.281. The van der Waals surface area contributed by atoms with E-state index in [0.29, 0.717) is 0 Å². The number of hydrogen-bond donors (Lipinski definition) is 0. The molecule has 0 amide bonds. The summed E-state index contributed by atoms with van der Waals surface area (Å²) in [5.74, 6) is 2.12. The molecule has 1 saturated carbocycles. The summed E-state index contributed by atoms with van der Waals surface area (Å²) in [7, 11) is 0. The molecular formula is C28H40O5. The maximum absolute atomic E-state index is 11.7. The molecule has 5 heteroatoms. The Morgan fingerprint density at radius 1 is 1.21 bits per heavy atom. The van der Waals surface area contributed by atoms with E-state index in [9.17, 15) is 4.79 Å². The first-order chi connectivity index (χ1) is 15.8. The Labute approximate surface area is 198 Å². The summed E-state index contributed by atoms with van der Waals surface area (Å²) in [6.07, 6.45) is 7.88. The van der Waals surface area contributed by atoms with Crippen LogP contribution in [0.4, 0.5) is 0 Å². The minimum Gasteiger partial charge on any atom is -0.490 e. The molecule has 0 aromatic heterocycles. The lowest BCUT2D eigenvalue weighted by Crippen LogP contribution is -2.49. The highest BCUT2D eigenvalue weighted by atomic mass is 16.5. The van der Waals surface area contributed by atoms with E-state index in [4.69, 9.17) is 18.9 Å². The van der Waals surface area contributed by atoms with E-state index < -0.39 is 0 Å². The Morgan fingerprint density at radius 2 is 1.97 bits per heavy atom. The largest absolute Gasteiger partial charge is 0.490 e. The van der Waals surface area contributed by atoms with Crippen molar-refractivity contribution in [2.75, 3.05) is 13.2 Å². The third kappa shape index (κ3) is 5.40. The van der Waals surface area contributed by atoms with Crippen molar-refractivity contribution in [3.8, 4) is 11.5 Å². The molecule has 3 atom stereocenters. The number of carbonyl (C=O) groups excluding carboxylic acids is 1. The van der Waals surface area contributed by atoms with E-state index in [-0.39, 0.29) is 35.6 Å². The fourth-order valence-corrected chi connectivity index (χ4v) is 5.78. The van der Waals surface area contributed by atoms with E-state index in [2.05, 4.69) is 39.5 Å². The van der Waals surface area contributed by atoms with Gasteiger partial charge >= 0.3 is 5.97 Å². The third-order valence-corrected chi connectivity index (χ3v) is 7.53. The average Bonchev–Trinajstić information content (AvgIpc) is 2.75. The van der Waals surface area contributed by atoms with Crippen molar-refractivity contribution in [2.24, 2.45) is 5.92 Å². The van der Waals surface area contributed by atoms with Gasteiger partial charge in [0.2, 0.25) is 0 Å². The predicted molar refractivity (Wildman–Crippen MR) is 129 cm³/mol. The predicted octanol–water partition coefficient (Wildman–Crippen LogP) is 6.13. The minimum absolute atomic E-state index is 0.169. The first kappa shape index (κ1) is 24.1. The van der Waals surface area contributed by atoms with Crippen molar-refractivity contribution >= 4 is 5.97 Å². The molecule has 1 aliphatic carbocycles. The normalized spacial score (nSPS) is 26.7. The van der Waals surface area contributed by atoms with Crippen LogP contribution in [0.25, 0.3) is 0 Å². The fourth-order valence-electron chi connectivity index (χ4n) is 5.78. The number of aryl methyl sites for hydroxylation is 1. The minimum atomic E-state index is -0.366. The van der Waals surface area contributed by atoms with Crippen LogP contribution in [0.3, 0.4) is 0 Å². The van der Waals surface area contributed by atoms with Crippen LogP contribution in [0.15, 0.2) is 24.3 Å². The van der Waals surface area contributed by atoms with Gasteiger partial charge < -0.3 is 18.9 Å². The van der Waals surface area contributed by atoms with Crippen molar-refractivity contribution in [1.82, 2.24) is 0 Å². The van der Waals surface area contributed by atoms with Gasteiger partial charge in [-0.1, -0.05) is 26.3 Å². The maximum atomic E-state index is 11.7. The van der Waals surface area contributed by atoms with Gasteiger partial charge in [-0.05, 0) is 62.8 Å². The van der Waals surface area contributed by atoms with Gasteiger partial charge in [0.15, 0.2) is 0 Å². The number of rotatable bonds is 7. The Balaban J connectivity index is 1.70. The van der Waals surface area contributed by atoms with Gasteiger partial charge in [-0.25, -0.2) is 0 Å². The molecule has 3 unspecified atom stereocenters. The number of ether oxygens (including phenoxy) is 4. The summed E-state index contributed by atoms with van der Waals surface area (Å²) in [4.78, 5) is 11.7. The lowest BCUT2D eigenvalue weighted by atomic mass is 9.64. The zero-order valence-corrected chi connectivity index (χ0v) is 20.8. The van der Waals surface area contributed by atoms with Crippen molar-refractivity contribution in [3.05, 3.63) is 35.4 Å². The van der Waals surface area contributed by atoms with Crippen LogP contribution >= 0.6 is 0 Å². The second-order valence-corrected chi connectivity index (χ2v) is 10.5. The summed E-state index contributed by atoms with van der Waals surface area (Å²) in [6.45, 7) is 13.8. The Morgan fingerprint density at radius 3 is 2.67 bits per heavy atom. The van der Waals surface area contributed by atoms with E-state index in [1.54, 1.807) is 0 Å². The van der Waals surface area contributed by atoms with Crippen LogP contribution in [-0.4, -0.2) is 37.0 Å². The molecule has 4 rings (SSSR count). The van der Waals surface area contributed by atoms with Crippen molar-refractivity contribution in [1.29, 1.82) is 0 Å². The van der Waals surface area contributed by atoms with Crippen LogP contribution in [-0.2, 0) is 20.7 Å². The monoisotopic (exact) mass is 456 g/mol. The molecule has 182 valence electrons. The molecule has 2 heterocycles. The maximum Gasteiger partial charge on any atom is 0.303 e. The molecule has 3 aliphatic rings. The highest BCUT2D eigenvalue weighted by Gasteiger charge is 2.49. The Kier molecular flexibility index (Phi) is 7.37. The van der Waals surface area contributed by atoms with Crippen molar-refractivity contribution < 1.29 is 23.7 Å². The van der Waals surface area contributed by atoms with Gasteiger partial charge in [-0.15, -0.1) is 0 Å². The molecule has 33 heavy (non-hydrogen) atoms. The summed E-state index contributed by atoms with van der Waals surface area (Å²) in [5, 5.41) is 0. The summed E-state index contributed by atoms with van der Waals surface area (Å²) < 4.78 is 24.5. The topological polar surface area (TPSA) is 54.0 Å². The molecule has 5 nitrogen and oxygen atoms in total. The van der Waals surface area contributed by atoms with Crippen LogP contribution in [0.1, 0.15) is 89.7 Å². The number of hydrogen-bond acceptors (Lipinski definition) is 5. The van der Waals surface area contributed by atoms with Crippen LogP contribution in [0, 0.1) is 5.92 Å². The SMILES string of the molecule is C=C1CC2c3c(OC4CCOCC4)cc(CCCCC)cc3OC(C)(C)C2CC1OC(C)=O. The van der Waals surface area contributed by atoms with E-state index in [1.807, 2.05) is 0 Å². The Hall–Kier alpha value is -2.01. The molecule has 0 spiro atoms. The van der Waals surface area contributed by atoms with Crippen LogP contribution in [0.5, 0.6) is 11.5 Å². The second-order valence-electron chi connectivity index (χ2n) is 10.5. The standard InChI is InChI=1S/C28H40O5/c1-6-7-8-9-20-15-25(32-21-10-12-30-13-11-21)27-22-14-18(2)24(31-19(3)29)17-23(22)28(4,5)33-26(27)16-20/h15-16,21-24H,2,6-14,17H2,1,3-5H3. The molecule has 2 fully saturated rings. The van der Waals surface area contributed by atoms with E-state index in [1.165, 1.54) is 37.3 Å². The van der Waals surface area contributed by atoms with Gasteiger partial charge in [-0.2, -0.15) is 0 Å². The molecule has 2 aliphatic heterocycles. The smallest absolute Gasteiger partial charge is 0.303 e. The first-order valence-corrected chi connectivity index (χ1v) is 12.7. The fraction of sp³-hybridized carbons (Fsp3) is 0.679. The average molecular weight is 457 g/mol. The van der Waals surface area contributed by atoms with Gasteiger partial charge in [-0.3, -0.25) is 4.79 Å². The van der Waals surface area contributed by atoms with E-state index in [0.717, 1.165) is 62.4 Å². The van der Waals surface area contributed by atoms with Crippen LogP contribution in [0.2, 0.25) is 0 Å². The number of carbonyl (C=O) groups is 1. The molecule has 0 radical (unpaired) electrons. The highest BCUT2D eigenvalue weighted by molar-refractivity contribution is 5.66. The van der Waals surface area contributed by atoms with Crippen molar-refractivity contribution in [3.63, 3.8) is 0 Å². The van der Waals surface area contributed by atoms with Gasteiger partial charge in [0, 0.05) is 37.2 Å². The van der Waals surface area contributed by atoms with Gasteiger partial charge in [0.05, 0.1) is 13.2 Å². The molecule has 1 aromatic rings. The second kappa shape index (κ2) is 10.1. The molecular weight excluding hydrogens is 416 g/mol. The summed E-state index contributed by atoms with van der Waals surface area (Å²) >= 11 is 0. The lowest BCUT2D eigenvalue weighted by molar-refractivity contribution is -0.147. The zero-order chi connectivity index (χ0) is 23.6. The summed E-state index contributed by atoms with van der Waals surface area (Å²) in [5.41, 5.74) is 3.08. The van der Waals surface area contributed by atoms with Crippen molar-refractivity contribution in [2.45, 2.75) is 103 Å². The number of unbranched alkanes of at least 4 members (excludes halogenated alkanes) is 2. The number of esters is 1. The third-order valence-electron chi connectivity index (χ3n) is 7.53. The molecule has 1 saturated heterocycles. The lowest BCUT2D eigenvalue weighted by Gasteiger charge is -2.50. The van der Waals surface area contributed by atoms with Crippen LogP contribution < -0.4 is 9.47 Å².